The molecule has 0 bridgehead atoms. The van der Waals surface area contributed by atoms with Crippen LogP contribution in [0.25, 0.3) is 5.57 Å². The smallest absolute Gasteiger partial charge is 0.253 e. The van der Waals surface area contributed by atoms with Gasteiger partial charge in [-0.2, -0.15) is 4.37 Å². The molecule has 1 aliphatic rings. The molecule has 1 aromatic heterocycles. The number of hydrogen-bond acceptors (Lipinski definition) is 7. The van der Waals surface area contributed by atoms with Crippen LogP contribution in [0.4, 0.5) is 0 Å². The predicted octanol–water partition coefficient (Wildman–Crippen LogP) is 1.69. The Bertz CT molecular complexity index is 450. The molecule has 0 aliphatic carbocycles. The summed E-state index contributed by atoms with van der Waals surface area (Å²) in [6.45, 7) is 6.92. The first kappa shape index (κ1) is 16.4. The zero-order valence-electron chi connectivity index (χ0n) is 12.7. The Morgan fingerprint density at radius 3 is 2.76 bits per heavy atom. The van der Waals surface area contributed by atoms with Crippen molar-refractivity contribution in [3.8, 4) is 5.88 Å². The van der Waals surface area contributed by atoms with Gasteiger partial charge >= 0.3 is 0 Å². The van der Waals surface area contributed by atoms with Crippen LogP contribution in [0.5, 0.6) is 5.88 Å². The highest BCUT2D eigenvalue weighted by Gasteiger charge is 2.17. The van der Waals surface area contributed by atoms with Gasteiger partial charge in [-0.25, -0.2) is 0 Å². The van der Waals surface area contributed by atoms with Crippen LogP contribution in [0.3, 0.4) is 0 Å². The molecule has 0 aromatic carbocycles. The highest BCUT2D eigenvalue weighted by molar-refractivity contribution is 6.99. The number of likely N-dealkylation sites (N-methyl/N-ethyl adjacent to an activating group) is 1. The molecule has 0 N–H and O–H groups in total. The van der Waals surface area contributed by atoms with Gasteiger partial charge in [0, 0.05) is 19.7 Å². The summed E-state index contributed by atoms with van der Waals surface area (Å²) in [4.78, 5) is 2.27. The fourth-order valence-electron chi connectivity index (χ4n) is 2.02. The van der Waals surface area contributed by atoms with E-state index in [1.807, 2.05) is 6.92 Å². The molecule has 0 radical (unpaired) electrons. The molecule has 6 nitrogen and oxygen atoms in total. The van der Waals surface area contributed by atoms with Gasteiger partial charge in [0.05, 0.1) is 31.5 Å². The lowest BCUT2D eigenvalue weighted by atomic mass is 10.1. The summed E-state index contributed by atoms with van der Waals surface area (Å²) in [6, 6.07) is 0. The van der Waals surface area contributed by atoms with Crippen LogP contribution in [0.15, 0.2) is 6.08 Å². The minimum atomic E-state index is 0.484. The molecule has 0 saturated carbocycles. The van der Waals surface area contributed by atoms with E-state index >= 15 is 0 Å². The molecule has 0 spiro atoms. The van der Waals surface area contributed by atoms with Crippen molar-refractivity contribution in [1.82, 2.24) is 13.6 Å². The van der Waals surface area contributed by atoms with Gasteiger partial charge in [0.2, 0.25) is 0 Å². The Morgan fingerprint density at radius 1 is 1.19 bits per heavy atom. The fourth-order valence-corrected chi connectivity index (χ4v) is 2.55. The zero-order chi connectivity index (χ0) is 14.9. The molecular weight excluding hydrogens is 290 g/mol. The second-order valence-electron chi connectivity index (χ2n) is 4.82. The molecule has 118 valence electrons. The summed E-state index contributed by atoms with van der Waals surface area (Å²) in [7, 11) is 2.11. The monoisotopic (exact) mass is 313 g/mol. The molecule has 0 fully saturated rings. The Balaban J connectivity index is 1.73. The summed E-state index contributed by atoms with van der Waals surface area (Å²) in [5, 5.41) is 0. The van der Waals surface area contributed by atoms with Gasteiger partial charge in [-0.05, 0) is 26.0 Å². The average Bonchev–Trinajstić information content (AvgIpc) is 2.95. The van der Waals surface area contributed by atoms with Crippen molar-refractivity contribution in [3.05, 3.63) is 11.8 Å². The van der Waals surface area contributed by atoms with E-state index in [1.165, 1.54) is 17.3 Å². The van der Waals surface area contributed by atoms with Crippen molar-refractivity contribution in [2.45, 2.75) is 13.3 Å². The maximum absolute atomic E-state index is 5.68. The molecule has 2 heterocycles. The van der Waals surface area contributed by atoms with E-state index in [0.29, 0.717) is 32.3 Å². The third-order valence-electron chi connectivity index (χ3n) is 3.22. The van der Waals surface area contributed by atoms with Gasteiger partial charge in [-0.3, -0.25) is 0 Å². The molecule has 1 aliphatic heterocycles. The maximum Gasteiger partial charge on any atom is 0.253 e. The average molecular weight is 313 g/mol. The second-order valence-corrected chi connectivity index (χ2v) is 5.35. The zero-order valence-corrected chi connectivity index (χ0v) is 13.5. The van der Waals surface area contributed by atoms with Gasteiger partial charge in [-0.15, -0.1) is 4.37 Å². The first-order chi connectivity index (χ1) is 10.3. The maximum atomic E-state index is 5.68. The van der Waals surface area contributed by atoms with Crippen molar-refractivity contribution < 1.29 is 14.2 Å². The van der Waals surface area contributed by atoms with Gasteiger partial charge in [0.1, 0.15) is 12.3 Å². The minimum Gasteiger partial charge on any atom is -0.473 e. The number of rotatable bonds is 9. The Labute approximate surface area is 130 Å². The van der Waals surface area contributed by atoms with E-state index in [-0.39, 0.29) is 0 Å². The molecule has 1 aromatic rings. The fraction of sp³-hybridized carbons (Fsp3) is 0.714. The first-order valence-corrected chi connectivity index (χ1v) is 8.03. The van der Waals surface area contributed by atoms with Crippen LogP contribution < -0.4 is 4.74 Å². The third kappa shape index (κ3) is 5.35. The summed E-state index contributed by atoms with van der Waals surface area (Å²) < 4.78 is 24.9. The van der Waals surface area contributed by atoms with Crippen molar-refractivity contribution in [2.75, 3.05) is 53.2 Å². The Morgan fingerprint density at radius 2 is 2.00 bits per heavy atom. The van der Waals surface area contributed by atoms with Gasteiger partial charge < -0.3 is 19.1 Å². The molecule has 21 heavy (non-hydrogen) atoms. The van der Waals surface area contributed by atoms with Gasteiger partial charge in [0.25, 0.3) is 5.88 Å². The normalized spacial score (nSPS) is 16.0. The van der Waals surface area contributed by atoms with Crippen LogP contribution in [0.1, 0.15) is 19.0 Å². The van der Waals surface area contributed by atoms with Crippen molar-refractivity contribution in [3.63, 3.8) is 0 Å². The first-order valence-electron chi connectivity index (χ1n) is 7.30. The lowest BCUT2D eigenvalue weighted by Crippen LogP contribution is -2.23. The van der Waals surface area contributed by atoms with Crippen molar-refractivity contribution in [1.29, 1.82) is 0 Å². The van der Waals surface area contributed by atoms with E-state index in [2.05, 4.69) is 26.8 Å². The van der Waals surface area contributed by atoms with Crippen LogP contribution in [0, 0.1) is 0 Å². The quantitative estimate of drug-likeness (QED) is 0.647. The van der Waals surface area contributed by atoms with E-state index in [0.717, 1.165) is 31.8 Å². The highest BCUT2D eigenvalue weighted by atomic mass is 32.1. The van der Waals surface area contributed by atoms with Crippen LogP contribution in [-0.4, -0.2) is 66.8 Å². The van der Waals surface area contributed by atoms with Crippen LogP contribution in [0.2, 0.25) is 0 Å². The van der Waals surface area contributed by atoms with E-state index in [1.54, 1.807) is 0 Å². The van der Waals surface area contributed by atoms with Crippen LogP contribution >= 0.6 is 11.7 Å². The molecular formula is C14H23N3O3S. The highest BCUT2D eigenvalue weighted by Crippen LogP contribution is 2.28. The second kappa shape index (κ2) is 9.09. The predicted molar refractivity (Wildman–Crippen MR) is 82.8 cm³/mol. The topological polar surface area (TPSA) is 56.7 Å². The van der Waals surface area contributed by atoms with E-state index in [4.69, 9.17) is 14.2 Å². The summed E-state index contributed by atoms with van der Waals surface area (Å²) in [5.41, 5.74) is 2.12. The molecule has 0 unspecified atom stereocenters. The van der Waals surface area contributed by atoms with Crippen molar-refractivity contribution >= 4 is 17.3 Å². The van der Waals surface area contributed by atoms with Crippen LogP contribution in [-0.2, 0) is 9.47 Å². The van der Waals surface area contributed by atoms with Gasteiger partial charge in [-0.1, -0.05) is 6.08 Å². The lowest BCUT2D eigenvalue weighted by molar-refractivity contribution is 0.0400. The molecule has 7 heteroatoms. The molecule has 0 saturated heterocycles. The summed E-state index contributed by atoms with van der Waals surface area (Å²) in [5.74, 6) is 0.629. The number of aromatic nitrogens is 2. The van der Waals surface area contributed by atoms with E-state index < -0.39 is 0 Å². The molecule has 0 amide bonds. The van der Waals surface area contributed by atoms with E-state index in [9.17, 15) is 0 Å². The lowest BCUT2D eigenvalue weighted by Gasteiger charge is -2.21. The minimum absolute atomic E-state index is 0.484. The number of ether oxygens (including phenoxy) is 3. The summed E-state index contributed by atoms with van der Waals surface area (Å²) in [6.07, 6.45) is 3.19. The number of hydrogen-bond donors (Lipinski definition) is 0. The van der Waals surface area contributed by atoms with Gasteiger partial charge in [0.15, 0.2) is 0 Å². The Kier molecular flexibility index (Phi) is 7.08. The summed E-state index contributed by atoms with van der Waals surface area (Å²) >= 11 is 1.20. The number of nitrogens with zero attached hydrogens (tertiary/aromatic N) is 3. The standard InChI is InChI=1S/C14H23N3O3S/c1-3-18-8-9-19-10-11-20-14-13(15-21-16-14)12-4-6-17(2)7-5-12/h4H,3,5-11H2,1-2H3. The molecule has 2 rings (SSSR count). The molecule has 0 atom stereocenters. The largest absolute Gasteiger partial charge is 0.473 e. The third-order valence-corrected chi connectivity index (χ3v) is 3.73. The SMILES string of the molecule is CCOCCOCCOc1nsnc1C1=CCN(C)CC1. The Hall–Kier alpha value is -1.02. The van der Waals surface area contributed by atoms with Crippen molar-refractivity contribution in [2.24, 2.45) is 0 Å².